The van der Waals surface area contributed by atoms with Crippen molar-refractivity contribution in [1.29, 1.82) is 0 Å². The number of pyridine rings is 1. The van der Waals surface area contributed by atoms with E-state index in [0.717, 1.165) is 22.6 Å². The Labute approximate surface area is 235 Å². The summed E-state index contributed by atoms with van der Waals surface area (Å²) in [6.07, 6.45) is 2.43. The number of rotatable bonds is 8. The zero-order valence-electron chi connectivity index (χ0n) is 23.5. The zero-order chi connectivity index (χ0) is 26.0. The molecule has 0 amide bonds. The van der Waals surface area contributed by atoms with Crippen LogP contribution >= 0.6 is 15.8 Å². The summed E-state index contributed by atoms with van der Waals surface area (Å²) in [6, 6.07) is 16.0. The molecule has 0 aliphatic rings. The number of hydrogen-bond donors (Lipinski definition) is 0. The van der Waals surface area contributed by atoms with Gasteiger partial charge in [-0.2, -0.15) is 0 Å². The summed E-state index contributed by atoms with van der Waals surface area (Å²) in [4.78, 5) is 20.9. The minimum absolute atomic E-state index is 0. The molecule has 3 aromatic rings. The number of nitrogens with zero attached hydrogens (tertiary/aromatic N) is 1. The topological polar surface area (TPSA) is 47.0 Å². The van der Waals surface area contributed by atoms with Gasteiger partial charge in [0.25, 0.3) is 0 Å². The number of aromatic nitrogens is 1. The van der Waals surface area contributed by atoms with E-state index in [4.69, 9.17) is 14.6 Å². The third-order valence-electron chi connectivity index (χ3n) is 6.59. The van der Waals surface area contributed by atoms with E-state index in [9.17, 15) is 0 Å². The maximum absolute atomic E-state index is 7.75. The summed E-state index contributed by atoms with van der Waals surface area (Å²) in [7, 11) is -0.920. The fourth-order valence-electron chi connectivity index (χ4n) is 4.88. The van der Waals surface area contributed by atoms with E-state index in [-0.39, 0.29) is 26.9 Å². The van der Waals surface area contributed by atoms with Crippen molar-refractivity contribution in [3.63, 3.8) is 0 Å². The van der Waals surface area contributed by atoms with Crippen LogP contribution in [0.25, 0.3) is 21.8 Å². The largest absolute Gasteiger partial charge is 3.00 e. The summed E-state index contributed by atoms with van der Waals surface area (Å²) < 4.78 is 0. The summed E-state index contributed by atoms with van der Waals surface area (Å²) >= 11 is 0. The van der Waals surface area contributed by atoms with Gasteiger partial charge >= 0.3 is 19.5 Å². The van der Waals surface area contributed by atoms with Crippen molar-refractivity contribution < 1.29 is 29.1 Å². The van der Waals surface area contributed by atoms with Crippen LogP contribution in [0.5, 0.6) is 0 Å². The van der Waals surface area contributed by atoms with Crippen molar-refractivity contribution in [2.45, 2.75) is 90.3 Å². The summed E-state index contributed by atoms with van der Waals surface area (Å²) in [5, 5.41) is 2.59. The maximum Gasteiger partial charge on any atom is 3.00 e. The maximum atomic E-state index is 7.75. The van der Waals surface area contributed by atoms with E-state index in [1.807, 2.05) is 0 Å². The Hall–Kier alpha value is -1.07. The fourth-order valence-corrected chi connectivity index (χ4v) is 10.6. The number of para-hydroxylation sites is 2. The molecule has 199 valence electrons. The average Bonchev–Trinajstić information content (AvgIpc) is 2.81. The zero-order valence-corrected chi connectivity index (χ0v) is 27.3. The second-order valence-corrected chi connectivity index (χ2v) is 17.7. The first-order valence-corrected chi connectivity index (χ1v) is 15.9. The van der Waals surface area contributed by atoms with Crippen LogP contribution in [0, 0.1) is 7.43 Å². The average molecular weight is 616 g/mol. The monoisotopic (exact) mass is 616 g/mol. The minimum atomic E-state index is -0.460. The van der Waals surface area contributed by atoms with Gasteiger partial charge in [0.05, 0.1) is 46.0 Å². The van der Waals surface area contributed by atoms with Crippen LogP contribution in [-0.4, -0.2) is 41.2 Å². The van der Waals surface area contributed by atoms with E-state index in [1.165, 1.54) is 45.3 Å². The molecule has 0 saturated carbocycles. The first-order valence-electron chi connectivity index (χ1n) is 12.2. The van der Waals surface area contributed by atoms with Crippen LogP contribution in [0.2, 0.25) is 0 Å². The van der Waals surface area contributed by atoms with Crippen LogP contribution in [0.1, 0.15) is 66.5 Å². The molecule has 36 heavy (non-hydrogen) atoms. The Morgan fingerprint density at radius 2 is 0.944 bits per heavy atom. The standard InChI is InChI=1S/C27H39NP2.2CHO.CH3.Ru/c1-18(2)29(19(3)4)16-24-13-9-11-22-15-23-12-10-14-25(27(23)28-26(22)24)17-30(20(5)6)21(7)8;2*1-2;;/h9-15,18-21H,16-17H2,1-8H3;2*1H;1H3;/q;3*-1;+3/p+2. The van der Waals surface area contributed by atoms with Gasteiger partial charge in [-0.05, 0) is 61.5 Å². The molecule has 0 saturated heterocycles. The molecular weight excluding hydrogens is 569 g/mol. The van der Waals surface area contributed by atoms with Gasteiger partial charge in [0.2, 0.25) is 0 Å². The summed E-state index contributed by atoms with van der Waals surface area (Å²) in [5.74, 6) is 0. The van der Waals surface area contributed by atoms with Gasteiger partial charge in [0.15, 0.2) is 0 Å². The molecule has 0 N–H and O–H groups in total. The SMILES string of the molecule is CC(C)[PH+](Cc1cccc2cc3cccc(C[PH+](C(C)C)C(C)C)c3nc12)C(C)C.[CH-]=O.[CH-]=O.[CH3-].[Ru+3]. The molecule has 3 rings (SSSR count). The first-order chi connectivity index (χ1) is 16.2. The first kappa shape index (κ1) is 37.1. The van der Waals surface area contributed by atoms with Crippen molar-refractivity contribution in [3.8, 4) is 0 Å². The minimum Gasteiger partial charge on any atom is -0.545 e. The second-order valence-electron chi connectivity index (χ2n) is 10.1. The molecule has 0 aliphatic heterocycles. The van der Waals surface area contributed by atoms with Gasteiger partial charge in [0.1, 0.15) is 0 Å². The van der Waals surface area contributed by atoms with Crippen LogP contribution < -0.4 is 0 Å². The fraction of sp³-hybridized carbons (Fsp3) is 0.467. The predicted octanol–water partition coefficient (Wildman–Crippen LogP) is 8.35. The van der Waals surface area contributed by atoms with Crippen LogP contribution in [0.3, 0.4) is 0 Å². The smallest absolute Gasteiger partial charge is 0.545 e. The molecule has 2 aromatic carbocycles. The van der Waals surface area contributed by atoms with Gasteiger partial charge in [0, 0.05) is 37.7 Å². The third-order valence-corrected chi connectivity index (χ3v) is 14.1. The molecule has 1 aromatic heterocycles. The van der Waals surface area contributed by atoms with Crippen molar-refractivity contribution in [2.75, 3.05) is 0 Å². The Morgan fingerprint density at radius 1 is 0.639 bits per heavy atom. The Balaban J connectivity index is 0. The van der Waals surface area contributed by atoms with Crippen LogP contribution in [0.4, 0.5) is 0 Å². The quantitative estimate of drug-likeness (QED) is 0.0842. The predicted molar refractivity (Wildman–Crippen MR) is 164 cm³/mol. The van der Waals surface area contributed by atoms with Crippen molar-refractivity contribution in [3.05, 3.63) is 61.0 Å². The number of carbonyl (C=O) groups excluding carboxylic acids is 2. The Morgan fingerprint density at radius 3 is 1.22 bits per heavy atom. The summed E-state index contributed by atoms with van der Waals surface area (Å²) in [5.41, 5.74) is 8.52. The van der Waals surface area contributed by atoms with E-state index >= 15 is 0 Å². The molecule has 6 heteroatoms. The van der Waals surface area contributed by atoms with E-state index in [0.29, 0.717) is 0 Å². The van der Waals surface area contributed by atoms with Crippen LogP contribution in [-0.2, 0) is 41.4 Å². The van der Waals surface area contributed by atoms with E-state index < -0.39 is 15.8 Å². The molecule has 0 fully saturated rings. The molecular formula is C30H46NO2P2Ru+2. The number of hydrogen-bond acceptors (Lipinski definition) is 3. The van der Waals surface area contributed by atoms with Gasteiger partial charge in [-0.25, -0.2) is 4.98 Å². The van der Waals surface area contributed by atoms with Crippen molar-refractivity contribution in [1.82, 2.24) is 4.98 Å². The van der Waals surface area contributed by atoms with Gasteiger partial charge in [-0.3, -0.25) is 13.6 Å². The molecule has 1 radical (unpaired) electrons. The molecule has 1 heterocycles. The Kier molecular flexibility index (Phi) is 18.8. The molecule has 0 atom stereocenters. The number of fused-ring (bicyclic) bond motifs is 2. The summed E-state index contributed by atoms with van der Waals surface area (Å²) in [6.45, 7) is 25.7. The van der Waals surface area contributed by atoms with Crippen molar-refractivity contribution >= 4 is 51.2 Å². The third kappa shape index (κ3) is 9.67. The Bertz CT molecular complexity index is 945. The van der Waals surface area contributed by atoms with E-state index in [1.54, 1.807) is 0 Å². The normalized spacial score (nSPS) is 10.8. The molecule has 0 bridgehead atoms. The number of benzene rings is 2. The van der Waals surface area contributed by atoms with Gasteiger partial charge in [-0.1, -0.05) is 36.4 Å². The molecule has 0 unspecified atom stereocenters. The molecule has 0 aliphatic carbocycles. The second kappa shape index (κ2) is 18.2. The van der Waals surface area contributed by atoms with E-state index in [2.05, 4.69) is 111 Å². The van der Waals surface area contributed by atoms with Crippen LogP contribution in [0.15, 0.2) is 42.5 Å². The van der Waals surface area contributed by atoms with Crippen molar-refractivity contribution in [2.24, 2.45) is 0 Å². The van der Waals surface area contributed by atoms with Gasteiger partial charge < -0.3 is 17.0 Å². The molecule has 0 spiro atoms. The van der Waals surface area contributed by atoms with Gasteiger partial charge in [-0.15, -0.1) is 0 Å². The molecule has 3 nitrogen and oxygen atoms in total.